The van der Waals surface area contributed by atoms with Gasteiger partial charge in [-0.05, 0) is 77.0 Å². The summed E-state index contributed by atoms with van der Waals surface area (Å²) in [5, 5.41) is 9.46. The number of hydrogen-bond acceptors (Lipinski definition) is 2. The van der Waals surface area contributed by atoms with Crippen molar-refractivity contribution < 1.29 is 14.6 Å². The van der Waals surface area contributed by atoms with Gasteiger partial charge >= 0.3 is 5.97 Å². The molecule has 184 valence electrons. The third-order valence-electron chi connectivity index (χ3n) is 7.47. The second-order valence-corrected chi connectivity index (χ2v) is 11.2. The molecule has 0 aromatic heterocycles. The summed E-state index contributed by atoms with van der Waals surface area (Å²) in [6, 6.07) is 10.1. The Morgan fingerprint density at radius 1 is 1.00 bits per heavy atom. The number of rotatable bonds is 10. The number of aliphatic carboxylic acids is 1. The molecule has 2 aromatic rings. The number of aryl methyl sites for hydroxylation is 1. The topological polar surface area (TPSA) is 46.5 Å². The highest BCUT2D eigenvalue weighted by atomic mass is 16.5. The molecule has 0 amide bonds. The maximum atomic E-state index is 11.5. The van der Waals surface area contributed by atoms with Crippen molar-refractivity contribution in [3.63, 3.8) is 0 Å². The summed E-state index contributed by atoms with van der Waals surface area (Å²) in [4.78, 5) is 11.5. The molecule has 1 aliphatic carbocycles. The summed E-state index contributed by atoms with van der Waals surface area (Å²) in [6.07, 6.45) is 8.31. The van der Waals surface area contributed by atoms with Crippen LogP contribution in [-0.4, -0.2) is 17.7 Å². The summed E-state index contributed by atoms with van der Waals surface area (Å²) >= 11 is 0. The van der Waals surface area contributed by atoms with Crippen molar-refractivity contribution in [3.8, 4) is 16.9 Å². The molecule has 0 saturated heterocycles. The van der Waals surface area contributed by atoms with E-state index in [1.807, 2.05) is 18.2 Å². The van der Waals surface area contributed by atoms with Crippen LogP contribution < -0.4 is 4.74 Å². The van der Waals surface area contributed by atoms with E-state index in [0.29, 0.717) is 5.56 Å². The lowest BCUT2D eigenvalue weighted by Gasteiger charge is -2.44. The number of carbonyl (C=O) groups is 1. The van der Waals surface area contributed by atoms with E-state index in [9.17, 15) is 9.90 Å². The second-order valence-electron chi connectivity index (χ2n) is 11.2. The SMILES string of the molecule is C=C(C(=O)O)c1cccc(-c2cc(C)c(OCCCCCCC)c3c2C(C)(C)CCC3(C)C)c1. The number of unbranched alkanes of at least 4 members (excludes halogenated alkanes) is 4. The Kier molecular flexibility index (Phi) is 7.95. The van der Waals surface area contributed by atoms with Crippen LogP contribution in [0.3, 0.4) is 0 Å². The van der Waals surface area contributed by atoms with E-state index in [1.54, 1.807) is 0 Å². The van der Waals surface area contributed by atoms with Crippen molar-refractivity contribution in [2.24, 2.45) is 0 Å². The summed E-state index contributed by atoms with van der Waals surface area (Å²) in [7, 11) is 0. The first kappa shape index (κ1) is 26.1. The van der Waals surface area contributed by atoms with E-state index < -0.39 is 5.97 Å². The zero-order chi connectivity index (χ0) is 25.1. The highest BCUT2D eigenvalue weighted by Gasteiger charge is 2.41. The van der Waals surface area contributed by atoms with Gasteiger partial charge in [-0.15, -0.1) is 0 Å². The number of carboxylic acid groups (broad SMARTS) is 1. The smallest absolute Gasteiger partial charge is 0.335 e. The Morgan fingerprint density at radius 3 is 2.29 bits per heavy atom. The summed E-state index contributed by atoms with van der Waals surface area (Å²) in [6.45, 7) is 18.2. The molecule has 0 fully saturated rings. The number of carboxylic acids is 1. The third kappa shape index (κ3) is 5.40. The van der Waals surface area contributed by atoms with Crippen molar-refractivity contribution >= 4 is 11.5 Å². The highest BCUT2D eigenvalue weighted by molar-refractivity contribution is 6.14. The number of hydrogen-bond donors (Lipinski definition) is 1. The van der Waals surface area contributed by atoms with Crippen LogP contribution in [0.2, 0.25) is 0 Å². The largest absolute Gasteiger partial charge is 0.493 e. The van der Waals surface area contributed by atoms with Gasteiger partial charge in [0.15, 0.2) is 0 Å². The number of fused-ring (bicyclic) bond motifs is 1. The number of ether oxygens (including phenoxy) is 1. The Hall–Kier alpha value is -2.55. The Morgan fingerprint density at radius 2 is 1.65 bits per heavy atom. The number of benzene rings is 2. The molecule has 1 N–H and O–H groups in total. The molecule has 0 unspecified atom stereocenters. The van der Waals surface area contributed by atoms with Crippen LogP contribution in [0, 0.1) is 6.92 Å². The fourth-order valence-corrected chi connectivity index (χ4v) is 5.31. The molecule has 3 nitrogen and oxygen atoms in total. The van der Waals surface area contributed by atoms with Crippen molar-refractivity contribution in [1.29, 1.82) is 0 Å². The summed E-state index contributed by atoms with van der Waals surface area (Å²) in [5.41, 5.74) is 6.81. The quantitative estimate of drug-likeness (QED) is 0.284. The maximum absolute atomic E-state index is 11.5. The molecular weight excluding hydrogens is 420 g/mol. The first-order valence-electron chi connectivity index (χ1n) is 12.8. The van der Waals surface area contributed by atoms with Gasteiger partial charge in [-0.3, -0.25) is 0 Å². The average molecular weight is 463 g/mol. The fraction of sp³-hybridized carbons (Fsp3) is 0.516. The lowest BCUT2D eigenvalue weighted by molar-refractivity contribution is -0.130. The highest BCUT2D eigenvalue weighted by Crippen LogP contribution is 2.53. The predicted molar refractivity (Wildman–Crippen MR) is 143 cm³/mol. The zero-order valence-corrected chi connectivity index (χ0v) is 22.0. The molecule has 0 atom stereocenters. The molecule has 0 spiro atoms. The Bertz CT molecular complexity index is 1060. The van der Waals surface area contributed by atoms with Crippen LogP contribution in [0.25, 0.3) is 16.7 Å². The Balaban J connectivity index is 2.12. The lowest BCUT2D eigenvalue weighted by atomic mass is 9.61. The molecule has 2 aromatic carbocycles. The van der Waals surface area contributed by atoms with Gasteiger partial charge in [0.05, 0.1) is 12.2 Å². The van der Waals surface area contributed by atoms with E-state index in [0.717, 1.165) is 42.7 Å². The van der Waals surface area contributed by atoms with E-state index in [-0.39, 0.29) is 16.4 Å². The standard InChI is InChI=1S/C31H42O3/c1-8-9-10-11-12-18-34-28-21(2)19-25(24-15-13-14-23(20-24)22(3)29(32)33)26-27(28)31(6,7)17-16-30(26,4)5/h13-15,19-20H,3,8-12,16-18H2,1-2,4-7H3,(H,32,33). The van der Waals surface area contributed by atoms with Crippen LogP contribution in [0.4, 0.5) is 0 Å². The van der Waals surface area contributed by atoms with Gasteiger partial charge in [0.25, 0.3) is 0 Å². The van der Waals surface area contributed by atoms with E-state index >= 15 is 0 Å². The third-order valence-corrected chi connectivity index (χ3v) is 7.47. The summed E-state index contributed by atoms with van der Waals surface area (Å²) < 4.78 is 6.54. The monoisotopic (exact) mass is 462 g/mol. The maximum Gasteiger partial charge on any atom is 0.335 e. The molecule has 0 saturated carbocycles. The van der Waals surface area contributed by atoms with Crippen molar-refractivity contribution in [2.75, 3.05) is 6.61 Å². The van der Waals surface area contributed by atoms with Gasteiger partial charge in [0, 0.05) is 5.56 Å². The molecule has 3 rings (SSSR count). The van der Waals surface area contributed by atoms with Gasteiger partial charge in [0.2, 0.25) is 0 Å². The van der Waals surface area contributed by atoms with E-state index in [4.69, 9.17) is 4.74 Å². The molecule has 3 heteroatoms. The molecule has 0 aliphatic heterocycles. The predicted octanol–water partition coefficient (Wildman–Crippen LogP) is 8.46. The van der Waals surface area contributed by atoms with E-state index in [2.05, 4.69) is 60.3 Å². The molecule has 0 radical (unpaired) electrons. The van der Waals surface area contributed by atoms with Gasteiger partial charge in [-0.25, -0.2) is 4.79 Å². The van der Waals surface area contributed by atoms with Crippen LogP contribution in [0.5, 0.6) is 5.75 Å². The average Bonchev–Trinajstić information content (AvgIpc) is 2.79. The Labute approximate surface area is 206 Å². The van der Waals surface area contributed by atoms with Gasteiger partial charge in [0.1, 0.15) is 5.75 Å². The van der Waals surface area contributed by atoms with E-state index in [1.165, 1.54) is 42.4 Å². The second kappa shape index (κ2) is 10.4. The van der Waals surface area contributed by atoms with Crippen LogP contribution >= 0.6 is 0 Å². The molecule has 0 heterocycles. The van der Waals surface area contributed by atoms with Crippen LogP contribution in [0.1, 0.15) is 102 Å². The minimum Gasteiger partial charge on any atom is -0.493 e. The zero-order valence-electron chi connectivity index (χ0n) is 22.0. The summed E-state index contributed by atoms with van der Waals surface area (Å²) in [5.74, 6) is 0.0672. The van der Waals surface area contributed by atoms with Crippen molar-refractivity contribution in [3.05, 3.63) is 59.2 Å². The van der Waals surface area contributed by atoms with Crippen LogP contribution in [0.15, 0.2) is 36.9 Å². The lowest BCUT2D eigenvalue weighted by Crippen LogP contribution is -2.35. The van der Waals surface area contributed by atoms with Gasteiger partial charge in [-0.1, -0.05) is 85.1 Å². The molecule has 0 bridgehead atoms. The fourth-order valence-electron chi connectivity index (χ4n) is 5.31. The first-order chi connectivity index (χ1) is 16.0. The normalized spacial score (nSPS) is 16.1. The van der Waals surface area contributed by atoms with Crippen LogP contribution in [-0.2, 0) is 15.6 Å². The molecule has 34 heavy (non-hydrogen) atoms. The van der Waals surface area contributed by atoms with Gasteiger partial charge < -0.3 is 9.84 Å². The van der Waals surface area contributed by atoms with Gasteiger partial charge in [-0.2, -0.15) is 0 Å². The molecular formula is C31H42O3. The molecule has 1 aliphatic rings. The minimum atomic E-state index is -0.987. The first-order valence-corrected chi connectivity index (χ1v) is 12.8. The van der Waals surface area contributed by atoms with Crippen molar-refractivity contribution in [2.45, 2.75) is 97.3 Å². The minimum absolute atomic E-state index is 0.00540. The van der Waals surface area contributed by atoms with Crippen molar-refractivity contribution in [1.82, 2.24) is 0 Å².